The summed E-state index contributed by atoms with van der Waals surface area (Å²) < 4.78 is 25.2. The Kier molecular flexibility index (Phi) is 9.69. The van der Waals surface area contributed by atoms with Crippen LogP contribution in [-0.4, -0.2) is 26.4 Å². The molecule has 0 spiro atoms. The summed E-state index contributed by atoms with van der Waals surface area (Å²) in [6, 6.07) is 9.78. The SMILES string of the molecule is CCOP(OCC)N(c1ccccc1)P(=S)(OCC)OCC. The Balaban J connectivity index is 3.27. The second kappa shape index (κ2) is 10.7. The van der Waals surface area contributed by atoms with Crippen molar-refractivity contribution in [3.63, 3.8) is 0 Å². The van der Waals surface area contributed by atoms with Crippen molar-refractivity contribution in [2.75, 3.05) is 30.9 Å². The zero-order valence-corrected chi connectivity index (χ0v) is 16.2. The number of para-hydroxylation sites is 1. The molecular weight excluding hydrogens is 340 g/mol. The van der Waals surface area contributed by atoms with E-state index in [0.29, 0.717) is 26.4 Å². The van der Waals surface area contributed by atoms with E-state index in [4.69, 9.17) is 29.9 Å². The van der Waals surface area contributed by atoms with E-state index in [1.807, 2.05) is 62.5 Å². The maximum absolute atomic E-state index is 5.85. The van der Waals surface area contributed by atoms with Gasteiger partial charge in [-0.05, 0) is 51.6 Å². The van der Waals surface area contributed by atoms with Gasteiger partial charge in [-0.1, -0.05) is 18.2 Å². The molecular formula is C14H25NO4P2S. The number of anilines is 1. The summed E-state index contributed by atoms with van der Waals surface area (Å²) >= 11 is 5.76. The highest BCUT2D eigenvalue weighted by atomic mass is 32.5. The van der Waals surface area contributed by atoms with E-state index < -0.39 is 15.2 Å². The molecule has 0 aliphatic heterocycles. The molecule has 0 bridgehead atoms. The number of nitrogens with zero attached hydrogens (tertiary/aromatic N) is 1. The molecule has 0 amide bonds. The van der Waals surface area contributed by atoms with Gasteiger partial charge in [-0.3, -0.25) is 0 Å². The predicted octanol–water partition coefficient (Wildman–Crippen LogP) is 5.09. The summed E-state index contributed by atoms with van der Waals surface area (Å²) in [7, 11) is -1.38. The summed E-state index contributed by atoms with van der Waals surface area (Å²) in [5.41, 5.74) is 0.890. The van der Waals surface area contributed by atoms with Crippen LogP contribution in [0.5, 0.6) is 0 Å². The van der Waals surface area contributed by atoms with Crippen LogP contribution in [0.4, 0.5) is 5.69 Å². The molecule has 0 aliphatic carbocycles. The van der Waals surface area contributed by atoms with Gasteiger partial charge in [0.25, 0.3) is 15.2 Å². The highest BCUT2D eigenvalue weighted by Gasteiger charge is 2.37. The van der Waals surface area contributed by atoms with Gasteiger partial charge in [-0.25, -0.2) is 4.44 Å². The first-order valence-corrected chi connectivity index (χ1v) is 11.2. The van der Waals surface area contributed by atoms with Gasteiger partial charge in [-0.2, -0.15) is 0 Å². The van der Waals surface area contributed by atoms with Crippen LogP contribution in [0.3, 0.4) is 0 Å². The van der Waals surface area contributed by atoms with Crippen molar-refractivity contribution >= 4 is 32.7 Å². The molecule has 1 aromatic rings. The quantitative estimate of drug-likeness (QED) is 0.509. The summed E-state index contributed by atoms with van der Waals surface area (Å²) in [6.45, 7) is 6.97. The minimum atomic E-state index is -2.72. The lowest BCUT2D eigenvalue weighted by Gasteiger charge is -2.37. The van der Waals surface area contributed by atoms with Crippen molar-refractivity contribution in [3.8, 4) is 0 Å². The van der Waals surface area contributed by atoms with Gasteiger partial charge in [0.05, 0.1) is 32.1 Å². The zero-order chi connectivity index (χ0) is 16.4. The van der Waals surface area contributed by atoms with Crippen molar-refractivity contribution in [2.24, 2.45) is 0 Å². The maximum atomic E-state index is 5.85. The summed E-state index contributed by atoms with van der Waals surface area (Å²) in [5.74, 6) is 0. The second-order valence-electron chi connectivity index (χ2n) is 4.00. The third-order valence-electron chi connectivity index (χ3n) is 2.44. The van der Waals surface area contributed by atoms with Crippen LogP contribution in [0.2, 0.25) is 0 Å². The number of rotatable bonds is 11. The first-order valence-electron chi connectivity index (χ1n) is 7.43. The lowest BCUT2D eigenvalue weighted by molar-refractivity contribution is 0.253. The van der Waals surface area contributed by atoms with Crippen LogP contribution in [0.25, 0.3) is 0 Å². The molecule has 0 aromatic heterocycles. The van der Waals surface area contributed by atoms with E-state index in [1.165, 1.54) is 0 Å². The van der Waals surface area contributed by atoms with E-state index in [-0.39, 0.29) is 0 Å². The fraction of sp³-hybridized carbons (Fsp3) is 0.571. The van der Waals surface area contributed by atoms with Gasteiger partial charge in [0.2, 0.25) is 0 Å². The molecule has 0 unspecified atom stereocenters. The second-order valence-corrected chi connectivity index (χ2v) is 8.95. The summed E-state index contributed by atoms with van der Waals surface area (Å²) in [5, 5.41) is 0. The molecule has 22 heavy (non-hydrogen) atoms. The van der Waals surface area contributed by atoms with Crippen molar-refractivity contribution in [3.05, 3.63) is 30.3 Å². The van der Waals surface area contributed by atoms with Gasteiger partial charge >= 0.3 is 0 Å². The molecule has 1 aromatic carbocycles. The first kappa shape index (κ1) is 20.0. The smallest absolute Gasteiger partial charge is 0.297 e. The van der Waals surface area contributed by atoms with Crippen LogP contribution in [0, 0.1) is 0 Å². The molecule has 8 heteroatoms. The van der Waals surface area contributed by atoms with Crippen LogP contribution < -0.4 is 4.44 Å². The van der Waals surface area contributed by atoms with Gasteiger partial charge in [0.1, 0.15) is 0 Å². The van der Waals surface area contributed by atoms with E-state index in [2.05, 4.69) is 0 Å². The van der Waals surface area contributed by atoms with Crippen molar-refractivity contribution in [1.29, 1.82) is 0 Å². The average Bonchev–Trinajstić information content (AvgIpc) is 2.49. The molecule has 0 N–H and O–H groups in total. The number of hydrogen-bond donors (Lipinski definition) is 0. The van der Waals surface area contributed by atoms with Crippen molar-refractivity contribution in [1.82, 2.24) is 0 Å². The Labute approximate surface area is 140 Å². The van der Waals surface area contributed by atoms with E-state index >= 15 is 0 Å². The Hall–Kier alpha value is -0.0600. The van der Waals surface area contributed by atoms with Crippen molar-refractivity contribution < 1.29 is 18.1 Å². The molecule has 0 aliphatic rings. The molecule has 0 radical (unpaired) electrons. The molecule has 0 saturated carbocycles. The average molecular weight is 365 g/mol. The van der Waals surface area contributed by atoms with Crippen LogP contribution >= 0.6 is 15.2 Å². The molecule has 0 fully saturated rings. The molecule has 126 valence electrons. The number of benzene rings is 1. The maximum Gasteiger partial charge on any atom is 0.297 e. The van der Waals surface area contributed by atoms with E-state index in [0.717, 1.165) is 5.69 Å². The van der Waals surface area contributed by atoms with Crippen LogP contribution in [-0.2, 0) is 29.9 Å². The standard InChI is InChI=1S/C14H25NO4P2S/c1-5-16-20(17-6-2)15(14-12-10-9-11-13-14)21(22,18-7-3)19-8-4/h9-13H,5-8H2,1-4H3. The topological polar surface area (TPSA) is 40.2 Å². The van der Waals surface area contributed by atoms with E-state index in [9.17, 15) is 0 Å². The van der Waals surface area contributed by atoms with Gasteiger partial charge in [0, 0.05) is 0 Å². The fourth-order valence-electron chi connectivity index (χ4n) is 1.73. The Morgan fingerprint density at radius 2 is 1.41 bits per heavy atom. The van der Waals surface area contributed by atoms with E-state index in [1.54, 1.807) is 0 Å². The fourth-order valence-corrected chi connectivity index (χ4v) is 6.93. The largest absolute Gasteiger partial charge is 0.317 e. The summed E-state index contributed by atoms with van der Waals surface area (Å²) in [4.78, 5) is 0. The Bertz CT molecular complexity index is 447. The van der Waals surface area contributed by atoms with Crippen molar-refractivity contribution in [2.45, 2.75) is 27.7 Å². The molecule has 0 saturated heterocycles. The normalized spacial score (nSPS) is 11.9. The zero-order valence-electron chi connectivity index (χ0n) is 13.6. The molecule has 1 rings (SSSR count). The Morgan fingerprint density at radius 3 is 1.82 bits per heavy atom. The third kappa shape index (κ3) is 5.54. The lowest BCUT2D eigenvalue weighted by atomic mass is 10.3. The minimum Gasteiger partial charge on any atom is -0.317 e. The minimum absolute atomic E-state index is 0.474. The highest BCUT2D eigenvalue weighted by molar-refractivity contribution is 8.13. The molecule has 0 atom stereocenters. The lowest BCUT2D eigenvalue weighted by Crippen LogP contribution is -2.20. The van der Waals surface area contributed by atoms with Gasteiger partial charge in [-0.15, -0.1) is 0 Å². The Morgan fingerprint density at radius 1 is 0.909 bits per heavy atom. The predicted molar refractivity (Wildman–Crippen MR) is 96.6 cm³/mol. The van der Waals surface area contributed by atoms with Crippen LogP contribution in [0.1, 0.15) is 27.7 Å². The molecule has 0 heterocycles. The number of hydrogen-bond acceptors (Lipinski definition) is 5. The molecule has 5 nitrogen and oxygen atoms in total. The first-order chi connectivity index (χ1) is 10.6. The summed E-state index contributed by atoms with van der Waals surface area (Å²) in [6.07, 6.45) is 0. The van der Waals surface area contributed by atoms with Gasteiger partial charge < -0.3 is 18.1 Å². The monoisotopic (exact) mass is 365 g/mol. The highest BCUT2D eigenvalue weighted by Crippen LogP contribution is 2.66. The van der Waals surface area contributed by atoms with Crippen LogP contribution in [0.15, 0.2) is 30.3 Å². The van der Waals surface area contributed by atoms with Gasteiger partial charge in [0.15, 0.2) is 0 Å². The third-order valence-corrected chi connectivity index (χ3v) is 8.43.